The smallest absolute Gasteiger partial charge is 0.239 e. The molecule has 0 radical (unpaired) electrons. The van der Waals surface area contributed by atoms with Gasteiger partial charge in [0, 0.05) is 5.69 Å². The number of carbonyl (C=O) groups is 1. The molecule has 0 aliphatic heterocycles. The molecule has 0 aromatic heterocycles. The highest BCUT2D eigenvalue weighted by atomic mass is 32.2. The van der Waals surface area contributed by atoms with Crippen molar-refractivity contribution in [3.63, 3.8) is 0 Å². The summed E-state index contributed by atoms with van der Waals surface area (Å²) in [7, 11) is -2.19. The van der Waals surface area contributed by atoms with E-state index in [9.17, 15) is 13.2 Å². The molecule has 0 saturated heterocycles. The molecule has 0 saturated carbocycles. The second-order valence-corrected chi connectivity index (χ2v) is 7.35. The summed E-state index contributed by atoms with van der Waals surface area (Å²) in [5.41, 5.74) is 2.59. The number of nitrogens with one attached hydrogen (secondary N) is 1. The van der Waals surface area contributed by atoms with Crippen molar-refractivity contribution in [1.82, 2.24) is 0 Å². The fourth-order valence-electron chi connectivity index (χ4n) is 2.28. The summed E-state index contributed by atoms with van der Waals surface area (Å²) in [6.07, 6.45) is 0. The largest absolute Gasteiger partial charge is 0.497 e. The SMILES string of the molecule is COc1ccc(S(=O)(=O)CC(=O)Nc2cc(C)cc(C)c2)cc1. The zero-order valence-electron chi connectivity index (χ0n) is 13.3. The van der Waals surface area contributed by atoms with Crippen LogP contribution in [-0.2, 0) is 14.6 Å². The first-order chi connectivity index (χ1) is 10.8. The van der Waals surface area contributed by atoms with Gasteiger partial charge < -0.3 is 10.1 Å². The summed E-state index contributed by atoms with van der Waals surface area (Å²) in [5.74, 6) is -0.610. The Morgan fingerprint density at radius 3 is 2.13 bits per heavy atom. The van der Waals surface area contributed by atoms with Crippen LogP contribution in [0.25, 0.3) is 0 Å². The zero-order chi connectivity index (χ0) is 17.0. The van der Waals surface area contributed by atoms with Gasteiger partial charge in [-0.05, 0) is 61.4 Å². The molecule has 0 aliphatic carbocycles. The molecule has 0 unspecified atom stereocenters. The minimum Gasteiger partial charge on any atom is -0.497 e. The number of hydrogen-bond acceptors (Lipinski definition) is 4. The zero-order valence-corrected chi connectivity index (χ0v) is 14.1. The third-order valence-electron chi connectivity index (χ3n) is 3.25. The molecule has 0 spiro atoms. The number of hydrogen-bond donors (Lipinski definition) is 1. The predicted octanol–water partition coefficient (Wildman–Crippen LogP) is 2.72. The molecule has 2 aromatic carbocycles. The molecule has 5 nitrogen and oxygen atoms in total. The van der Waals surface area contributed by atoms with E-state index >= 15 is 0 Å². The van der Waals surface area contributed by atoms with Crippen molar-refractivity contribution < 1.29 is 17.9 Å². The summed E-state index contributed by atoms with van der Waals surface area (Å²) >= 11 is 0. The van der Waals surface area contributed by atoms with E-state index in [4.69, 9.17) is 4.74 Å². The van der Waals surface area contributed by atoms with Gasteiger partial charge >= 0.3 is 0 Å². The van der Waals surface area contributed by atoms with Crippen LogP contribution in [0.4, 0.5) is 5.69 Å². The van der Waals surface area contributed by atoms with Crippen molar-refractivity contribution in [2.45, 2.75) is 18.7 Å². The molecule has 0 fully saturated rings. The van der Waals surface area contributed by atoms with Crippen molar-refractivity contribution in [1.29, 1.82) is 0 Å². The maximum Gasteiger partial charge on any atom is 0.239 e. The van der Waals surface area contributed by atoms with Gasteiger partial charge in [-0.25, -0.2) is 8.42 Å². The molecule has 0 aliphatic rings. The number of aryl methyl sites for hydroxylation is 2. The van der Waals surface area contributed by atoms with E-state index < -0.39 is 21.5 Å². The fourth-order valence-corrected chi connectivity index (χ4v) is 3.42. The second-order valence-electron chi connectivity index (χ2n) is 5.36. The molecular weight excluding hydrogens is 314 g/mol. The normalized spacial score (nSPS) is 11.1. The van der Waals surface area contributed by atoms with Gasteiger partial charge in [-0.15, -0.1) is 0 Å². The van der Waals surface area contributed by atoms with Crippen molar-refractivity contribution in [3.8, 4) is 5.75 Å². The number of methoxy groups -OCH3 is 1. The topological polar surface area (TPSA) is 72.5 Å². The molecular formula is C17H19NO4S. The van der Waals surface area contributed by atoms with E-state index in [0.717, 1.165) is 11.1 Å². The third kappa shape index (κ3) is 4.56. The van der Waals surface area contributed by atoms with Gasteiger partial charge in [0.25, 0.3) is 0 Å². The molecule has 1 N–H and O–H groups in total. The summed E-state index contributed by atoms with van der Waals surface area (Å²) in [5, 5.41) is 2.63. The Bertz CT molecular complexity index is 791. The Morgan fingerprint density at radius 2 is 1.61 bits per heavy atom. The summed E-state index contributed by atoms with van der Waals surface area (Å²) in [6, 6.07) is 11.5. The predicted molar refractivity (Wildman–Crippen MR) is 89.6 cm³/mol. The molecule has 0 bridgehead atoms. The highest BCUT2D eigenvalue weighted by molar-refractivity contribution is 7.92. The van der Waals surface area contributed by atoms with Gasteiger partial charge in [-0.3, -0.25) is 4.79 Å². The standard InChI is InChI=1S/C17H19NO4S/c1-12-8-13(2)10-14(9-12)18-17(19)11-23(20,21)16-6-4-15(22-3)5-7-16/h4-10H,11H2,1-3H3,(H,18,19). The van der Waals surface area contributed by atoms with E-state index in [0.29, 0.717) is 11.4 Å². The van der Waals surface area contributed by atoms with Crippen molar-refractivity contribution in [3.05, 3.63) is 53.6 Å². The summed E-state index contributed by atoms with van der Waals surface area (Å²) < 4.78 is 29.5. The molecule has 0 heterocycles. The van der Waals surface area contributed by atoms with Crippen LogP contribution < -0.4 is 10.1 Å². The number of ether oxygens (including phenoxy) is 1. The van der Waals surface area contributed by atoms with E-state index in [-0.39, 0.29) is 4.90 Å². The second kappa shape index (κ2) is 6.83. The van der Waals surface area contributed by atoms with Crippen LogP contribution in [0.5, 0.6) is 5.75 Å². The van der Waals surface area contributed by atoms with E-state index in [1.54, 1.807) is 24.3 Å². The highest BCUT2D eigenvalue weighted by Crippen LogP contribution is 2.18. The fraction of sp³-hybridized carbons (Fsp3) is 0.235. The van der Waals surface area contributed by atoms with Crippen LogP contribution in [0, 0.1) is 13.8 Å². The van der Waals surface area contributed by atoms with Gasteiger partial charge in [0.1, 0.15) is 11.5 Å². The molecule has 23 heavy (non-hydrogen) atoms. The highest BCUT2D eigenvalue weighted by Gasteiger charge is 2.19. The quantitative estimate of drug-likeness (QED) is 0.913. The molecule has 2 rings (SSSR count). The Morgan fingerprint density at radius 1 is 1.04 bits per heavy atom. The van der Waals surface area contributed by atoms with Gasteiger partial charge in [-0.2, -0.15) is 0 Å². The average molecular weight is 333 g/mol. The van der Waals surface area contributed by atoms with Crippen LogP contribution >= 0.6 is 0 Å². The van der Waals surface area contributed by atoms with Crippen LogP contribution in [0.1, 0.15) is 11.1 Å². The molecule has 1 amide bonds. The lowest BCUT2D eigenvalue weighted by Gasteiger charge is -2.09. The Kier molecular flexibility index (Phi) is 5.05. The number of carbonyl (C=O) groups excluding carboxylic acids is 1. The van der Waals surface area contributed by atoms with Crippen LogP contribution in [-0.4, -0.2) is 27.2 Å². The van der Waals surface area contributed by atoms with E-state index in [1.807, 2.05) is 19.9 Å². The van der Waals surface area contributed by atoms with Crippen molar-refractivity contribution in [2.24, 2.45) is 0 Å². The summed E-state index contributed by atoms with van der Waals surface area (Å²) in [4.78, 5) is 12.1. The van der Waals surface area contributed by atoms with Gasteiger partial charge in [0.05, 0.1) is 12.0 Å². The first kappa shape index (κ1) is 17.0. The van der Waals surface area contributed by atoms with E-state index in [1.165, 1.54) is 19.2 Å². The Labute approximate surface area is 136 Å². The monoisotopic (exact) mass is 333 g/mol. The van der Waals surface area contributed by atoms with Crippen LogP contribution in [0.15, 0.2) is 47.4 Å². The number of benzene rings is 2. The van der Waals surface area contributed by atoms with Crippen molar-refractivity contribution >= 4 is 21.4 Å². The average Bonchev–Trinajstić information content (AvgIpc) is 2.45. The molecule has 6 heteroatoms. The first-order valence-corrected chi connectivity index (χ1v) is 8.70. The summed E-state index contributed by atoms with van der Waals surface area (Å²) in [6.45, 7) is 3.83. The Balaban J connectivity index is 2.11. The Hall–Kier alpha value is -2.34. The van der Waals surface area contributed by atoms with Crippen LogP contribution in [0.2, 0.25) is 0 Å². The molecule has 2 aromatic rings. The van der Waals surface area contributed by atoms with Gasteiger partial charge in [-0.1, -0.05) is 6.07 Å². The lowest BCUT2D eigenvalue weighted by atomic mass is 10.1. The minimum atomic E-state index is -3.69. The molecule has 0 atom stereocenters. The molecule has 122 valence electrons. The number of anilines is 1. The van der Waals surface area contributed by atoms with Gasteiger partial charge in [0.2, 0.25) is 5.91 Å². The minimum absolute atomic E-state index is 0.0915. The number of sulfone groups is 1. The van der Waals surface area contributed by atoms with Crippen molar-refractivity contribution in [2.75, 3.05) is 18.2 Å². The van der Waals surface area contributed by atoms with E-state index in [2.05, 4.69) is 5.32 Å². The first-order valence-electron chi connectivity index (χ1n) is 7.05. The number of rotatable bonds is 5. The van der Waals surface area contributed by atoms with Crippen LogP contribution in [0.3, 0.4) is 0 Å². The van der Waals surface area contributed by atoms with Gasteiger partial charge in [0.15, 0.2) is 9.84 Å². The maximum absolute atomic E-state index is 12.3. The lowest BCUT2D eigenvalue weighted by molar-refractivity contribution is -0.113. The lowest BCUT2D eigenvalue weighted by Crippen LogP contribution is -2.23. The maximum atomic E-state index is 12.3. The number of amides is 1. The third-order valence-corrected chi connectivity index (χ3v) is 4.88.